The standard InChI is InChI=1S/C12H18O2S/c1-2-9-6-7-10(14-9)8-15-12-5-3-4-11(12)13/h6-7,11-13H,2-5,8H2,1H3/t11-,12-/m0/s1. The maximum absolute atomic E-state index is 9.67. The molecule has 15 heavy (non-hydrogen) atoms. The lowest BCUT2D eigenvalue weighted by Crippen LogP contribution is -2.15. The second kappa shape index (κ2) is 5.08. The third-order valence-electron chi connectivity index (χ3n) is 2.92. The summed E-state index contributed by atoms with van der Waals surface area (Å²) in [5.41, 5.74) is 0. The average Bonchev–Trinajstić information content (AvgIpc) is 2.84. The van der Waals surface area contributed by atoms with Crippen molar-refractivity contribution >= 4 is 11.8 Å². The quantitative estimate of drug-likeness (QED) is 0.857. The molecule has 0 unspecified atom stereocenters. The molecule has 2 rings (SSSR count). The first-order chi connectivity index (χ1) is 7.29. The van der Waals surface area contributed by atoms with Gasteiger partial charge in [0.05, 0.1) is 11.9 Å². The molecule has 0 aromatic carbocycles. The summed E-state index contributed by atoms with van der Waals surface area (Å²) in [5.74, 6) is 2.98. The highest BCUT2D eigenvalue weighted by atomic mass is 32.2. The number of furan rings is 1. The summed E-state index contributed by atoms with van der Waals surface area (Å²) in [6.07, 6.45) is 4.13. The molecule has 1 saturated carbocycles. The van der Waals surface area contributed by atoms with Gasteiger partial charge in [0.1, 0.15) is 11.5 Å². The van der Waals surface area contributed by atoms with Crippen LogP contribution >= 0.6 is 11.8 Å². The highest BCUT2D eigenvalue weighted by molar-refractivity contribution is 7.99. The van der Waals surface area contributed by atoms with Crippen LogP contribution in [0.4, 0.5) is 0 Å². The summed E-state index contributed by atoms with van der Waals surface area (Å²) in [7, 11) is 0. The van der Waals surface area contributed by atoms with Gasteiger partial charge in [0.25, 0.3) is 0 Å². The summed E-state index contributed by atoms with van der Waals surface area (Å²) < 4.78 is 5.63. The van der Waals surface area contributed by atoms with Gasteiger partial charge in [-0.05, 0) is 31.4 Å². The molecule has 0 radical (unpaired) electrons. The van der Waals surface area contributed by atoms with Crippen molar-refractivity contribution in [2.24, 2.45) is 0 Å². The van der Waals surface area contributed by atoms with Crippen LogP contribution < -0.4 is 0 Å². The first-order valence-electron chi connectivity index (χ1n) is 5.67. The lowest BCUT2D eigenvalue weighted by Gasteiger charge is -2.12. The molecule has 1 aromatic heterocycles. The van der Waals surface area contributed by atoms with Crippen LogP contribution in [0.25, 0.3) is 0 Å². The van der Waals surface area contributed by atoms with Gasteiger partial charge in [-0.3, -0.25) is 0 Å². The smallest absolute Gasteiger partial charge is 0.114 e. The van der Waals surface area contributed by atoms with E-state index in [1.807, 2.05) is 23.9 Å². The van der Waals surface area contributed by atoms with Crippen LogP contribution in [-0.2, 0) is 12.2 Å². The van der Waals surface area contributed by atoms with Gasteiger partial charge in [0.2, 0.25) is 0 Å². The van der Waals surface area contributed by atoms with E-state index >= 15 is 0 Å². The van der Waals surface area contributed by atoms with E-state index in [9.17, 15) is 5.11 Å². The lowest BCUT2D eigenvalue weighted by atomic mass is 10.3. The number of aliphatic hydroxyl groups excluding tert-OH is 1. The van der Waals surface area contributed by atoms with Gasteiger partial charge in [-0.1, -0.05) is 6.92 Å². The van der Waals surface area contributed by atoms with E-state index in [0.29, 0.717) is 5.25 Å². The fourth-order valence-corrected chi connectivity index (χ4v) is 3.21. The number of thioether (sulfide) groups is 1. The predicted molar refractivity (Wildman–Crippen MR) is 63.0 cm³/mol. The number of hydrogen-bond donors (Lipinski definition) is 1. The number of aliphatic hydroxyl groups is 1. The molecule has 2 nitrogen and oxygen atoms in total. The van der Waals surface area contributed by atoms with E-state index in [1.54, 1.807) is 0 Å². The third kappa shape index (κ3) is 2.79. The second-order valence-corrected chi connectivity index (χ2v) is 5.30. The van der Waals surface area contributed by atoms with Crippen molar-refractivity contribution in [2.45, 2.75) is 49.7 Å². The van der Waals surface area contributed by atoms with Gasteiger partial charge in [-0.2, -0.15) is 0 Å². The molecule has 0 aliphatic heterocycles. The van der Waals surface area contributed by atoms with Crippen molar-refractivity contribution in [2.75, 3.05) is 0 Å². The van der Waals surface area contributed by atoms with Gasteiger partial charge >= 0.3 is 0 Å². The zero-order valence-corrected chi connectivity index (χ0v) is 9.93. The highest BCUT2D eigenvalue weighted by Gasteiger charge is 2.25. The van der Waals surface area contributed by atoms with Crippen LogP contribution in [-0.4, -0.2) is 16.5 Å². The Labute approximate surface area is 95.1 Å². The van der Waals surface area contributed by atoms with Gasteiger partial charge < -0.3 is 9.52 Å². The van der Waals surface area contributed by atoms with Crippen molar-refractivity contribution in [3.63, 3.8) is 0 Å². The van der Waals surface area contributed by atoms with Gasteiger partial charge in [0.15, 0.2) is 0 Å². The Bertz CT molecular complexity index is 308. The molecule has 0 spiro atoms. The Morgan fingerprint density at radius 2 is 2.20 bits per heavy atom. The minimum atomic E-state index is -0.101. The lowest BCUT2D eigenvalue weighted by molar-refractivity contribution is 0.188. The molecule has 0 saturated heterocycles. The first-order valence-corrected chi connectivity index (χ1v) is 6.71. The fraction of sp³-hybridized carbons (Fsp3) is 0.667. The summed E-state index contributed by atoms with van der Waals surface area (Å²) in [4.78, 5) is 0. The van der Waals surface area contributed by atoms with Gasteiger partial charge in [-0.25, -0.2) is 0 Å². The van der Waals surface area contributed by atoms with Crippen LogP contribution in [0.1, 0.15) is 37.7 Å². The zero-order chi connectivity index (χ0) is 10.7. The van der Waals surface area contributed by atoms with E-state index in [4.69, 9.17) is 4.42 Å². The Kier molecular flexibility index (Phi) is 3.76. The second-order valence-electron chi connectivity index (χ2n) is 4.07. The zero-order valence-electron chi connectivity index (χ0n) is 9.11. The van der Waals surface area contributed by atoms with Crippen molar-refractivity contribution in [3.8, 4) is 0 Å². The van der Waals surface area contributed by atoms with E-state index in [-0.39, 0.29) is 6.10 Å². The molecule has 0 bridgehead atoms. The van der Waals surface area contributed by atoms with Crippen molar-refractivity contribution in [1.82, 2.24) is 0 Å². The van der Waals surface area contributed by atoms with Crippen LogP contribution in [0.5, 0.6) is 0 Å². The predicted octanol–water partition coefficient (Wildman–Crippen LogP) is 2.99. The molecular formula is C12H18O2S. The summed E-state index contributed by atoms with van der Waals surface area (Å²) in [6.45, 7) is 2.09. The average molecular weight is 226 g/mol. The van der Waals surface area contributed by atoms with Crippen LogP contribution in [0.15, 0.2) is 16.5 Å². The maximum Gasteiger partial charge on any atom is 0.114 e. The molecule has 1 aromatic rings. The molecule has 0 amide bonds. The van der Waals surface area contributed by atoms with Crippen LogP contribution in [0, 0.1) is 0 Å². The van der Waals surface area contributed by atoms with Crippen molar-refractivity contribution in [1.29, 1.82) is 0 Å². The van der Waals surface area contributed by atoms with Crippen LogP contribution in [0.3, 0.4) is 0 Å². The SMILES string of the molecule is CCc1ccc(CS[C@H]2CCC[C@@H]2O)o1. The Morgan fingerprint density at radius 3 is 2.80 bits per heavy atom. The summed E-state index contributed by atoms with van der Waals surface area (Å²) >= 11 is 1.83. The van der Waals surface area contributed by atoms with E-state index in [2.05, 4.69) is 6.92 Å². The van der Waals surface area contributed by atoms with E-state index < -0.39 is 0 Å². The number of hydrogen-bond acceptors (Lipinski definition) is 3. The molecular weight excluding hydrogens is 208 g/mol. The largest absolute Gasteiger partial charge is 0.465 e. The molecule has 1 N–H and O–H groups in total. The molecule has 1 fully saturated rings. The third-order valence-corrected chi connectivity index (χ3v) is 4.35. The molecule has 1 aliphatic rings. The molecule has 3 heteroatoms. The van der Waals surface area contributed by atoms with Crippen molar-refractivity contribution < 1.29 is 9.52 Å². The minimum Gasteiger partial charge on any atom is -0.465 e. The highest BCUT2D eigenvalue weighted by Crippen LogP contribution is 2.32. The Morgan fingerprint density at radius 1 is 1.40 bits per heavy atom. The van der Waals surface area contributed by atoms with Crippen molar-refractivity contribution in [3.05, 3.63) is 23.7 Å². The first kappa shape index (κ1) is 11.1. The normalized spacial score (nSPS) is 26.0. The minimum absolute atomic E-state index is 0.101. The van der Waals surface area contributed by atoms with E-state index in [1.165, 1.54) is 0 Å². The maximum atomic E-state index is 9.67. The molecule has 1 aliphatic carbocycles. The summed E-state index contributed by atoms with van der Waals surface area (Å²) in [6, 6.07) is 4.09. The number of rotatable bonds is 4. The Hall–Kier alpha value is -0.410. The summed E-state index contributed by atoms with van der Waals surface area (Å²) in [5, 5.41) is 10.1. The van der Waals surface area contributed by atoms with Crippen LogP contribution in [0.2, 0.25) is 0 Å². The molecule has 2 atom stereocenters. The van der Waals surface area contributed by atoms with Gasteiger partial charge in [-0.15, -0.1) is 11.8 Å². The van der Waals surface area contributed by atoms with Gasteiger partial charge in [0, 0.05) is 11.7 Å². The molecule has 84 valence electrons. The Balaban J connectivity index is 1.82. The fourth-order valence-electron chi connectivity index (χ4n) is 1.98. The number of aryl methyl sites for hydroxylation is 1. The topological polar surface area (TPSA) is 33.4 Å². The van der Waals surface area contributed by atoms with E-state index in [0.717, 1.165) is 43.0 Å². The molecule has 1 heterocycles. The monoisotopic (exact) mass is 226 g/mol.